The average molecular weight is 458 g/mol. The summed E-state index contributed by atoms with van der Waals surface area (Å²) in [5.41, 5.74) is 0.609. The Morgan fingerprint density at radius 3 is 2.50 bits per heavy atom. The van der Waals surface area contributed by atoms with Gasteiger partial charge in [0.1, 0.15) is 0 Å². The zero-order valence-electron chi connectivity index (χ0n) is 17.3. The Balaban J connectivity index is 1.68. The fraction of sp³-hybridized carbons (Fsp3) is 0.318. The second kappa shape index (κ2) is 10.9. The molecule has 1 fully saturated rings. The fourth-order valence-corrected chi connectivity index (χ4v) is 4.63. The normalized spacial score (nSPS) is 14.3. The number of amides is 1. The number of ether oxygens (including phenoxy) is 2. The summed E-state index contributed by atoms with van der Waals surface area (Å²) in [4.78, 5) is 26.5. The van der Waals surface area contributed by atoms with Crippen molar-refractivity contribution in [3.8, 4) is 6.07 Å². The third-order valence-electron chi connectivity index (χ3n) is 4.82. The SMILES string of the molecule is N#CCCN(C(=O)COC(=O)c1cccc(S(=O)(=O)N2CCOCC2)c1)c1ccccc1. The first kappa shape index (κ1) is 23.4. The summed E-state index contributed by atoms with van der Waals surface area (Å²) in [6.07, 6.45) is 0.121. The molecule has 0 radical (unpaired) electrons. The molecule has 1 aliphatic heterocycles. The van der Waals surface area contributed by atoms with Gasteiger partial charge in [-0.05, 0) is 30.3 Å². The van der Waals surface area contributed by atoms with Crippen LogP contribution in [0.1, 0.15) is 16.8 Å². The number of sulfonamides is 1. The number of carbonyl (C=O) groups is 2. The summed E-state index contributed by atoms with van der Waals surface area (Å²) < 4.78 is 37.2. The number of benzene rings is 2. The van der Waals surface area contributed by atoms with Crippen molar-refractivity contribution < 1.29 is 27.5 Å². The third-order valence-corrected chi connectivity index (χ3v) is 6.72. The van der Waals surface area contributed by atoms with Crippen molar-refractivity contribution in [2.75, 3.05) is 44.4 Å². The lowest BCUT2D eigenvalue weighted by Crippen LogP contribution is -2.40. The summed E-state index contributed by atoms with van der Waals surface area (Å²) >= 11 is 0. The number of nitriles is 1. The Bertz CT molecular complexity index is 1090. The van der Waals surface area contributed by atoms with Crippen LogP contribution in [0.2, 0.25) is 0 Å². The van der Waals surface area contributed by atoms with Crippen molar-refractivity contribution in [1.29, 1.82) is 5.26 Å². The van der Waals surface area contributed by atoms with Crippen LogP contribution in [0.25, 0.3) is 0 Å². The molecule has 0 atom stereocenters. The highest BCUT2D eigenvalue weighted by atomic mass is 32.2. The second-order valence-corrected chi connectivity index (χ2v) is 8.85. The predicted octanol–water partition coefficient (Wildman–Crippen LogP) is 1.81. The molecule has 1 saturated heterocycles. The molecule has 32 heavy (non-hydrogen) atoms. The van der Waals surface area contributed by atoms with E-state index in [2.05, 4.69) is 0 Å². The highest BCUT2D eigenvalue weighted by Gasteiger charge is 2.27. The minimum Gasteiger partial charge on any atom is -0.452 e. The molecule has 0 aliphatic carbocycles. The standard InChI is InChI=1S/C22H23N3O6S/c23-10-5-11-25(19-7-2-1-3-8-19)21(26)17-31-22(27)18-6-4-9-20(16-18)32(28,29)24-12-14-30-15-13-24/h1-4,6-9,16H,5,11-15,17H2. The zero-order chi connectivity index (χ0) is 23.0. The number of nitrogens with zero attached hydrogens (tertiary/aromatic N) is 3. The highest BCUT2D eigenvalue weighted by molar-refractivity contribution is 7.89. The topological polar surface area (TPSA) is 117 Å². The van der Waals surface area contributed by atoms with E-state index in [1.165, 1.54) is 33.5 Å². The van der Waals surface area contributed by atoms with Crippen molar-refractivity contribution >= 4 is 27.6 Å². The van der Waals surface area contributed by atoms with Gasteiger partial charge in [0.25, 0.3) is 5.91 Å². The van der Waals surface area contributed by atoms with Crippen LogP contribution < -0.4 is 4.90 Å². The van der Waals surface area contributed by atoms with Gasteiger partial charge in [-0.2, -0.15) is 9.57 Å². The maximum atomic E-state index is 12.8. The van der Waals surface area contributed by atoms with Gasteiger partial charge >= 0.3 is 5.97 Å². The summed E-state index contributed by atoms with van der Waals surface area (Å²) in [6, 6.07) is 16.3. The van der Waals surface area contributed by atoms with Crippen LogP contribution in [0.5, 0.6) is 0 Å². The smallest absolute Gasteiger partial charge is 0.338 e. The number of anilines is 1. The van der Waals surface area contributed by atoms with E-state index in [-0.39, 0.29) is 36.5 Å². The average Bonchev–Trinajstić information content (AvgIpc) is 2.84. The number of morpholine rings is 1. The van der Waals surface area contributed by atoms with E-state index in [1.807, 2.05) is 6.07 Å². The van der Waals surface area contributed by atoms with Crippen molar-refractivity contribution in [2.24, 2.45) is 0 Å². The van der Waals surface area contributed by atoms with E-state index in [9.17, 15) is 18.0 Å². The van der Waals surface area contributed by atoms with Crippen LogP contribution in [-0.2, 0) is 24.3 Å². The summed E-state index contributed by atoms with van der Waals surface area (Å²) in [7, 11) is -3.77. The Hall–Kier alpha value is -3.26. The molecule has 1 amide bonds. The first-order valence-electron chi connectivity index (χ1n) is 10.0. The lowest BCUT2D eigenvalue weighted by molar-refractivity contribution is -0.121. The van der Waals surface area contributed by atoms with Crippen LogP contribution in [0, 0.1) is 11.3 Å². The van der Waals surface area contributed by atoms with E-state index in [0.717, 1.165) is 0 Å². The van der Waals surface area contributed by atoms with Gasteiger partial charge in [0, 0.05) is 25.3 Å². The molecule has 9 nitrogen and oxygen atoms in total. The fourth-order valence-electron chi connectivity index (χ4n) is 3.18. The molecule has 0 aromatic heterocycles. The van der Waals surface area contributed by atoms with E-state index in [0.29, 0.717) is 18.9 Å². The van der Waals surface area contributed by atoms with E-state index < -0.39 is 28.5 Å². The molecule has 1 aliphatic rings. The summed E-state index contributed by atoms with van der Waals surface area (Å²) in [5, 5.41) is 8.86. The first-order chi connectivity index (χ1) is 15.4. The molecule has 0 unspecified atom stereocenters. The summed E-state index contributed by atoms with van der Waals surface area (Å²) in [6.45, 7) is 0.719. The van der Waals surface area contributed by atoms with Crippen LogP contribution >= 0.6 is 0 Å². The number of carbonyl (C=O) groups excluding carboxylic acids is 2. The second-order valence-electron chi connectivity index (χ2n) is 6.91. The van der Waals surface area contributed by atoms with Gasteiger partial charge < -0.3 is 14.4 Å². The van der Waals surface area contributed by atoms with Crippen LogP contribution in [0.15, 0.2) is 59.5 Å². The number of rotatable bonds is 8. The van der Waals surface area contributed by atoms with Gasteiger partial charge in [0.05, 0.1) is 36.2 Å². The Kier molecular flexibility index (Phi) is 7.94. The maximum absolute atomic E-state index is 12.8. The van der Waals surface area contributed by atoms with Gasteiger partial charge in [-0.25, -0.2) is 13.2 Å². The molecule has 0 saturated carbocycles. The summed E-state index contributed by atoms with van der Waals surface area (Å²) in [5.74, 6) is -1.30. The molecular formula is C22H23N3O6S. The molecular weight excluding hydrogens is 434 g/mol. The molecule has 3 rings (SSSR count). The van der Waals surface area contributed by atoms with Crippen molar-refractivity contribution in [2.45, 2.75) is 11.3 Å². The number of hydrogen-bond acceptors (Lipinski definition) is 7. The van der Waals surface area contributed by atoms with Gasteiger partial charge in [-0.1, -0.05) is 24.3 Å². The molecule has 10 heteroatoms. The van der Waals surface area contributed by atoms with Crippen molar-refractivity contribution in [1.82, 2.24) is 4.31 Å². The molecule has 2 aromatic rings. The Morgan fingerprint density at radius 1 is 1.09 bits per heavy atom. The first-order valence-corrected chi connectivity index (χ1v) is 11.4. The molecule has 168 valence electrons. The molecule has 0 bridgehead atoms. The zero-order valence-corrected chi connectivity index (χ0v) is 18.2. The predicted molar refractivity (Wildman–Crippen MR) is 115 cm³/mol. The van der Waals surface area contributed by atoms with Crippen LogP contribution in [0.3, 0.4) is 0 Å². The maximum Gasteiger partial charge on any atom is 0.338 e. The van der Waals surface area contributed by atoms with Gasteiger partial charge in [-0.3, -0.25) is 4.79 Å². The number of esters is 1. The largest absolute Gasteiger partial charge is 0.452 e. The Morgan fingerprint density at radius 2 is 1.81 bits per heavy atom. The highest BCUT2D eigenvalue weighted by Crippen LogP contribution is 2.19. The van der Waals surface area contributed by atoms with E-state index in [4.69, 9.17) is 14.7 Å². The van der Waals surface area contributed by atoms with Crippen molar-refractivity contribution in [3.05, 3.63) is 60.2 Å². The van der Waals surface area contributed by atoms with Crippen LogP contribution in [-0.4, -0.2) is 64.1 Å². The minimum atomic E-state index is -3.77. The third kappa shape index (κ3) is 5.70. The van der Waals surface area contributed by atoms with E-state index in [1.54, 1.807) is 30.3 Å². The monoisotopic (exact) mass is 457 g/mol. The molecule has 0 N–H and O–H groups in total. The number of hydrogen-bond donors (Lipinski definition) is 0. The quantitative estimate of drug-likeness (QED) is 0.555. The van der Waals surface area contributed by atoms with Gasteiger partial charge in [0.2, 0.25) is 10.0 Å². The van der Waals surface area contributed by atoms with Gasteiger partial charge in [0.15, 0.2) is 6.61 Å². The van der Waals surface area contributed by atoms with E-state index >= 15 is 0 Å². The van der Waals surface area contributed by atoms with Gasteiger partial charge in [-0.15, -0.1) is 0 Å². The van der Waals surface area contributed by atoms with Crippen LogP contribution in [0.4, 0.5) is 5.69 Å². The lowest BCUT2D eigenvalue weighted by Gasteiger charge is -2.26. The lowest BCUT2D eigenvalue weighted by atomic mass is 10.2. The molecule has 2 aromatic carbocycles. The van der Waals surface area contributed by atoms with Crippen molar-refractivity contribution in [3.63, 3.8) is 0 Å². The number of para-hydroxylation sites is 1. The minimum absolute atomic E-state index is 0.0235. The molecule has 1 heterocycles. The molecule has 0 spiro atoms. The Labute approximate surface area is 186 Å².